The van der Waals surface area contributed by atoms with Gasteiger partial charge in [-0.25, -0.2) is 0 Å². The summed E-state index contributed by atoms with van der Waals surface area (Å²) in [5, 5.41) is 0. The third-order valence-electron chi connectivity index (χ3n) is 2.71. The predicted molar refractivity (Wildman–Crippen MR) is 59.5 cm³/mol. The number of carbonyl (C=O) groups is 1. The zero-order valence-electron chi connectivity index (χ0n) is 9.41. The molecule has 0 aliphatic carbocycles. The van der Waals surface area contributed by atoms with E-state index in [-0.39, 0.29) is 5.91 Å². The first-order valence-corrected chi connectivity index (χ1v) is 5.90. The van der Waals surface area contributed by atoms with E-state index in [1.54, 1.807) is 0 Å². The summed E-state index contributed by atoms with van der Waals surface area (Å²) in [4.78, 5) is 13.6. The molecule has 0 atom stereocenters. The van der Waals surface area contributed by atoms with Gasteiger partial charge in [0.1, 0.15) is 0 Å². The van der Waals surface area contributed by atoms with Crippen LogP contribution in [0.5, 0.6) is 0 Å². The molecule has 1 saturated heterocycles. The Kier molecular flexibility index (Phi) is 6.36. The Labute approximate surface area is 91.8 Å². The average Bonchev–Trinajstić information content (AvgIpc) is 2.30. The summed E-state index contributed by atoms with van der Waals surface area (Å²) in [6.07, 6.45) is 5.02. The molecule has 4 heteroatoms. The number of morpholine rings is 1. The largest absolute Gasteiger partial charge is 0.378 e. The zero-order valence-corrected chi connectivity index (χ0v) is 9.41. The Hall–Kier alpha value is -0.610. The Morgan fingerprint density at radius 3 is 2.47 bits per heavy atom. The summed E-state index contributed by atoms with van der Waals surface area (Å²) in [5.74, 6) is 0.283. The van der Waals surface area contributed by atoms with Crippen molar-refractivity contribution in [1.82, 2.24) is 4.90 Å². The first-order valence-electron chi connectivity index (χ1n) is 5.90. The maximum Gasteiger partial charge on any atom is 0.222 e. The van der Waals surface area contributed by atoms with Gasteiger partial charge >= 0.3 is 0 Å². The number of nitrogens with two attached hydrogens (primary N) is 1. The SMILES string of the molecule is NCCCCCCC(=O)N1CCOCC1. The van der Waals surface area contributed by atoms with Crippen molar-refractivity contribution < 1.29 is 9.53 Å². The molecule has 0 radical (unpaired) electrons. The van der Waals surface area contributed by atoms with Gasteiger partial charge in [0.05, 0.1) is 13.2 Å². The Balaban J connectivity index is 2.02. The molecule has 1 fully saturated rings. The standard InChI is InChI=1S/C11H22N2O2/c12-6-4-2-1-3-5-11(14)13-7-9-15-10-8-13/h1-10,12H2. The topological polar surface area (TPSA) is 55.6 Å². The van der Waals surface area contributed by atoms with Gasteiger partial charge in [0.15, 0.2) is 0 Å². The molecule has 0 aromatic carbocycles. The van der Waals surface area contributed by atoms with Crippen molar-refractivity contribution in [3.05, 3.63) is 0 Å². The van der Waals surface area contributed by atoms with Crippen LogP contribution in [0.4, 0.5) is 0 Å². The van der Waals surface area contributed by atoms with Crippen LogP contribution in [0.2, 0.25) is 0 Å². The second-order valence-electron chi connectivity index (χ2n) is 3.95. The van der Waals surface area contributed by atoms with Crippen molar-refractivity contribution in [3.8, 4) is 0 Å². The van der Waals surface area contributed by atoms with E-state index in [1.807, 2.05) is 4.90 Å². The molecule has 88 valence electrons. The number of carbonyl (C=O) groups excluding carboxylic acids is 1. The van der Waals surface area contributed by atoms with Crippen LogP contribution in [0.15, 0.2) is 0 Å². The van der Waals surface area contributed by atoms with Crippen LogP contribution < -0.4 is 5.73 Å². The normalized spacial score (nSPS) is 16.7. The molecule has 1 rings (SSSR count). The van der Waals surface area contributed by atoms with Gasteiger partial charge in [0, 0.05) is 19.5 Å². The van der Waals surface area contributed by atoms with Gasteiger partial charge in [-0.1, -0.05) is 12.8 Å². The quantitative estimate of drug-likeness (QED) is 0.664. The minimum atomic E-state index is 0.283. The maximum atomic E-state index is 11.7. The van der Waals surface area contributed by atoms with E-state index in [9.17, 15) is 4.79 Å². The van der Waals surface area contributed by atoms with E-state index in [0.717, 1.165) is 45.3 Å². The van der Waals surface area contributed by atoms with Gasteiger partial charge in [0.2, 0.25) is 5.91 Å². The highest BCUT2D eigenvalue weighted by atomic mass is 16.5. The monoisotopic (exact) mass is 214 g/mol. The highest BCUT2D eigenvalue weighted by molar-refractivity contribution is 5.76. The van der Waals surface area contributed by atoms with E-state index in [1.165, 1.54) is 0 Å². The van der Waals surface area contributed by atoms with Crippen LogP contribution in [-0.4, -0.2) is 43.7 Å². The molecular weight excluding hydrogens is 192 g/mol. The molecule has 0 aromatic heterocycles. The first-order chi connectivity index (χ1) is 7.34. The van der Waals surface area contributed by atoms with Crippen LogP contribution >= 0.6 is 0 Å². The van der Waals surface area contributed by atoms with Gasteiger partial charge < -0.3 is 15.4 Å². The van der Waals surface area contributed by atoms with Crippen molar-refractivity contribution in [2.24, 2.45) is 5.73 Å². The number of hydrogen-bond acceptors (Lipinski definition) is 3. The summed E-state index contributed by atoms with van der Waals surface area (Å²) in [6, 6.07) is 0. The number of unbranched alkanes of at least 4 members (excludes halogenated alkanes) is 3. The molecule has 2 N–H and O–H groups in total. The lowest BCUT2D eigenvalue weighted by molar-refractivity contribution is -0.135. The van der Waals surface area contributed by atoms with Gasteiger partial charge in [0.25, 0.3) is 0 Å². The van der Waals surface area contributed by atoms with Crippen LogP contribution in [0.1, 0.15) is 32.1 Å². The fourth-order valence-corrected chi connectivity index (χ4v) is 1.74. The highest BCUT2D eigenvalue weighted by Gasteiger charge is 2.15. The number of nitrogens with zero attached hydrogens (tertiary/aromatic N) is 1. The van der Waals surface area contributed by atoms with Crippen molar-refractivity contribution in [3.63, 3.8) is 0 Å². The second kappa shape index (κ2) is 7.65. The lowest BCUT2D eigenvalue weighted by Gasteiger charge is -2.26. The zero-order chi connectivity index (χ0) is 10.9. The third-order valence-corrected chi connectivity index (χ3v) is 2.71. The summed E-state index contributed by atoms with van der Waals surface area (Å²) < 4.78 is 5.20. The molecule has 1 aliphatic heterocycles. The molecule has 4 nitrogen and oxygen atoms in total. The van der Waals surface area contributed by atoms with Crippen molar-refractivity contribution >= 4 is 5.91 Å². The van der Waals surface area contributed by atoms with Gasteiger partial charge in [-0.15, -0.1) is 0 Å². The fourth-order valence-electron chi connectivity index (χ4n) is 1.74. The fraction of sp³-hybridized carbons (Fsp3) is 0.909. The summed E-state index contributed by atoms with van der Waals surface area (Å²) in [7, 11) is 0. The number of amides is 1. The maximum absolute atomic E-state index is 11.7. The average molecular weight is 214 g/mol. The Bertz CT molecular complexity index is 179. The molecule has 1 aliphatic rings. The van der Waals surface area contributed by atoms with E-state index in [0.29, 0.717) is 19.6 Å². The van der Waals surface area contributed by atoms with Gasteiger partial charge in [-0.3, -0.25) is 4.79 Å². The van der Waals surface area contributed by atoms with Crippen LogP contribution in [0, 0.1) is 0 Å². The predicted octanol–water partition coefficient (Wildman–Crippen LogP) is 0.754. The Morgan fingerprint density at radius 1 is 1.13 bits per heavy atom. The minimum absolute atomic E-state index is 0.283. The van der Waals surface area contributed by atoms with Crippen molar-refractivity contribution in [1.29, 1.82) is 0 Å². The summed E-state index contributed by atoms with van der Waals surface area (Å²) in [5.41, 5.74) is 5.40. The summed E-state index contributed by atoms with van der Waals surface area (Å²) >= 11 is 0. The highest BCUT2D eigenvalue weighted by Crippen LogP contribution is 2.06. The smallest absolute Gasteiger partial charge is 0.222 e. The minimum Gasteiger partial charge on any atom is -0.378 e. The molecule has 0 aromatic rings. The lowest BCUT2D eigenvalue weighted by atomic mass is 10.1. The van der Waals surface area contributed by atoms with Crippen molar-refractivity contribution in [2.75, 3.05) is 32.8 Å². The molecule has 0 unspecified atom stereocenters. The molecule has 1 heterocycles. The number of hydrogen-bond donors (Lipinski definition) is 1. The molecule has 0 spiro atoms. The van der Waals surface area contributed by atoms with Gasteiger partial charge in [-0.2, -0.15) is 0 Å². The lowest BCUT2D eigenvalue weighted by Crippen LogP contribution is -2.40. The van der Waals surface area contributed by atoms with Crippen molar-refractivity contribution in [2.45, 2.75) is 32.1 Å². The van der Waals surface area contributed by atoms with E-state index in [2.05, 4.69) is 0 Å². The van der Waals surface area contributed by atoms with E-state index >= 15 is 0 Å². The summed E-state index contributed by atoms with van der Waals surface area (Å²) in [6.45, 7) is 3.68. The van der Waals surface area contributed by atoms with E-state index < -0.39 is 0 Å². The molecule has 0 bridgehead atoms. The number of ether oxygens (including phenoxy) is 1. The third kappa shape index (κ3) is 5.14. The molecule has 15 heavy (non-hydrogen) atoms. The van der Waals surface area contributed by atoms with Crippen LogP contribution in [0.25, 0.3) is 0 Å². The van der Waals surface area contributed by atoms with Crippen LogP contribution in [0.3, 0.4) is 0 Å². The Morgan fingerprint density at radius 2 is 1.80 bits per heavy atom. The number of rotatable bonds is 6. The van der Waals surface area contributed by atoms with Gasteiger partial charge in [-0.05, 0) is 19.4 Å². The molecule has 1 amide bonds. The molecular formula is C11H22N2O2. The second-order valence-corrected chi connectivity index (χ2v) is 3.95. The van der Waals surface area contributed by atoms with E-state index in [4.69, 9.17) is 10.5 Å². The van der Waals surface area contributed by atoms with Crippen LogP contribution in [-0.2, 0) is 9.53 Å². The first kappa shape index (κ1) is 12.5. The molecule has 0 saturated carbocycles.